The summed E-state index contributed by atoms with van der Waals surface area (Å²) in [6, 6.07) is 9.00. The van der Waals surface area contributed by atoms with Crippen molar-refractivity contribution in [1.29, 1.82) is 0 Å². The average molecular weight is 318 g/mol. The number of carbonyl (C=O) groups excluding carboxylic acids is 2. The maximum Gasteiger partial charge on any atom is 0.408 e. The molecule has 1 aliphatic heterocycles. The highest BCUT2D eigenvalue weighted by molar-refractivity contribution is 5.85. The Hall–Kier alpha value is -2.04. The van der Waals surface area contributed by atoms with E-state index in [9.17, 15) is 9.59 Å². The van der Waals surface area contributed by atoms with E-state index in [0.29, 0.717) is 12.3 Å². The van der Waals surface area contributed by atoms with Gasteiger partial charge >= 0.3 is 6.09 Å². The third-order valence-corrected chi connectivity index (χ3v) is 3.93. The molecule has 23 heavy (non-hydrogen) atoms. The van der Waals surface area contributed by atoms with Crippen LogP contribution in [0, 0.1) is 5.92 Å². The van der Waals surface area contributed by atoms with Gasteiger partial charge in [0.2, 0.25) is 5.91 Å². The van der Waals surface area contributed by atoms with Crippen LogP contribution >= 0.6 is 0 Å². The van der Waals surface area contributed by atoms with Crippen molar-refractivity contribution in [3.8, 4) is 0 Å². The quantitative estimate of drug-likeness (QED) is 0.877. The second-order valence-corrected chi connectivity index (χ2v) is 6.42. The number of amides is 2. The summed E-state index contributed by atoms with van der Waals surface area (Å²) >= 11 is 0. The van der Waals surface area contributed by atoms with Crippen LogP contribution in [0.15, 0.2) is 30.3 Å². The summed E-state index contributed by atoms with van der Waals surface area (Å²) in [6.45, 7) is 5.86. The molecular weight excluding hydrogens is 292 g/mol. The molecule has 0 aliphatic carbocycles. The zero-order valence-electron chi connectivity index (χ0n) is 14.0. The van der Waals surface area contributed by atoms with Crippen LogP contribution in [0.25, 0.3) is 0 Å². The topological polar surface area (TPSA) is 58.6 Å². The lowest BCUT2D eigenvalue weighted by Gasteiger charge is -2.25. The molecule has 0 saturated carbocycles. The molecule has 0 spiro atoms. The Labute approximate surface area is 138 Å². The van der Waals surface area contributed by atoms with Crippen molar-refractivity contribution in [2.24, 2.45) is 5.92 Å². The minimum atomic E-state index is -0.535. The van der Waals surface area contributed by atoms with Gasteiger partial charge in [0, 0.05) is 13.1 Å². The van der Waals surface area contributed by atoms with E-state index in [-0.39, 0.29) is 12.5 Å². The molecule has 1 N–H and O–H groups in total. The van der Waals surface area contributed by atoms with Crippen LogP contribution in [0.3, 0.4) is 0 Å². The Kier molecular flexibility index (Phi) is 6.44. The summed E-state index contributed by atoms with van der Waals surface area (Å²) in [5.74, 6) is 0.328. The molecule has 1 atom stereocenters. The number of likely N-dealkylation sites (tertiary alicyclic amines) is 1. The highest BCUT2D eigenvalue weighted by Crippen LogP contribution is 2.14. The lowest BCUT2D eigenvalue weighted by Crippen LogP contribution is -2.48. The zero-order valence-corrected chi connectivity index (χ0v) is 14.0. The predicted octanol–water partition coefficient (Wildman–Crippen LogP) is 2.95. The number of benzene rings is 1. The first-order chi connectivity index (χ1) is 11.1. The van der Waals surface area contributed by atoms with Gasteiger partial charge in [0.25, 0.3) is 0 Å². The molecule has 1 fully saturated rings. The SMILES string of the molecule is CC(C)C[C@H](NC(=O)OCc1ccccc1)C(=O)N1CCCC1. The van der Waals surface area contributed by atoms with Crippen molar-refractivity contribution in [2.75, 3.05) is 13.1 Å². The van der Waals surface area contributed by atoms with Crippen molar-refractivity contribution in [3.63, 3.8) is 0 Å². The Morgan fingerprint density at radius 2 is 1.83 bits per heavy atom. The van der Waals surface area contributed by atoms with E-state index in [1.807, 2.05) is 49.1 Å². The number of hydrogen-bond donors (Lipinski definition) is 1. The third kappa shape index (κ3) is 5.58. The second-order valence-electron chi connectivity index (χ2n) is 6.42. The molecule has 2 rings (SSSR count). The molecule has 2 amide bonds. The molecule has 1 aromatic carbocycles. The van der Waals surface area contributed by atoms with Crippen LogP contribution in [0.2, 0.25) is 0 Å². The fourth-order valence-electron chi connectivity index (χ4n) is 2.76. The maximum atomic E-state index is 12.5. The van der Waals surface area contributed by atoms with Gasteiger partial charge < -0.3 is 15.0 Å². The molecule has 5 heteroatoms. The number of alkyl carbamates (subject to hydrolysis) is 1. The largest absolute Gasteiger partial charge is 0.445 e. The van der Waals surface area contributed by atoms with Crippen LogP contribution in [-0.4, -0.2) is 36.0 Å². The Bertz CT molecular complexity index is 510. The van der Waals surface area contributed by atoms with E-state index in [4.69, 9.17) is 4.74 Å². The molecule has 0 unspecified atom stereocenters. The van der Waals surface area contributed by atoms with Gasteiger partial charge in [-0.3, -0.25) is 4.79 Å². The summed E-state index contributed by atoms with van der Waals surface area (Å²) in [7, 11) is 0. The van der Waals surface area contributed by atoms with Gasteiger partial charge in [0.15, 0.2) is 0 Å². The van der Waals surface area contributed by atoms with Crippen LogP contribution in [0.4, 0.5) is 4.79 Å². The predicted molar refractivity (Wildman–Crippen MR) is 88.8 cm³/mol. The van der Waals surface area contributed by atoms with Crippen molar-refractivity contribution >= 4 is 12.0 Å². The first kappa shape index (κ1) is 17.3. The molecule has 0 bridgehead atoms. The van der Waals surface area contributed by atoms with Gasteiger partial charge in [-0.25, -0.2) is 4.79 Å². The molecule has 0 radical (unpaired) electrons. The van der Waals surface area contributed by atoms with Gasteiger partial charge in [-0.1, -0.05) is 44.2 Å². The lowest BCUT2D eigenvalue weighted by atomic mass is 10.0. The summed E-state index contributed by atoms with van der Waals surface area (Å²) in [4.78, 5) is 26.4. The minimum absolute atomic E-state index is 0.00728. The number of nitrogens with one attached hydrogen (secondary N) is 1. The molecule has 0 aromatic heterocycles. The third-order valence-electron chi connectivity index (χ3n) is 3.93. The van der Waals surface area contributed by atoms with Crippen molar-refractivity contribution in [2.45, 2.75) is 45.8 Å². The first-order valence-electron chi connectivity index (χ1n) is 8.32. The summed E-state index contributed by atoms with van der Waals surface area (Å²) in [5, 5.41) is 2.74. The first-order valence-corrected chi connectivity index (χ1v) is 8.32. The minimum Gasteiger partial charge on any atom is -0.445 e. The molecule has 1 saturated heterocycles. The van der Waals surface area contributed by atoms with E-state index in [1.165, 1.54) is 0 Å². The van der Waals surface area contributed by atoms with E-state index < -0.39 is 12.1 Å². The Morgan fingerprint density at radius 3 is 2.43 bits per heavy atom. The Morgan fingerprint density at radius 1 is 1.17 bits per heavy atom. The fourth-order valence-corrected chi connectivity index (χ4v) is 2.76. The normalized spacial score (nSPS) is 15.5. The average Bonchev–Trinajstić information content (AvgIpc) is 3.06. The number of hydrogen-bond acceptors (Lipinski definition) is 3. The fraction of sp³-hybridized carbons (Fsp3) is 0.556. The number of ether oxygens (including phenoxy) is 1. The monoisotopic (exact) mass is 318 g/mol. The molecular formula is C18H26N2O3. The molecule has 1 aliphatic rings. The number of rotatable bonds is 6. The van der Waals surface area contributed by atoms with E-state index >= 15 is 0 Å². The number of carbonyl (C=O) groups is 2. The highest BCUT2D eigenvalue weighted by atomic mass is 16.5. The molecule has 1 heterocycles. The van der Waals surface area contributed by atoms with Gasteiger partial charge in [-0.15, -0.1) is 0 Å². The van der Waals surface area contributed by atoms with Gasteiger partial charge in [0.05, 0.1) is 0 Å². The van der Waals surface area contributed by atoms with Gasteiger partial charge in [-0.2, -0.15) is 0 Å². The zero-order chi connectivity index (χ0) is 16.7. The van der Waals surface area contributed by atoms with Crippen LogP contribution in [0.5, 0.6) is 0 Å². The molecule has 126 valence electrons. The van der Waals surface area contributed by atoms with Crippen LogP contribution < -0.4 is 5.32 Å². The Balaban J connectivity index is 1.88. The van der Waals surface area contributed by atoms with Crippen LogP contribution in [0.1, 0.15) is 38.7 Å². The second kappa shape index (κ2) is 8.56. The molecule has 5 nitrogen and oxygen atoms in total. The lowest BCUT2D eigenvalue weighted by molar-refractivity contribution is -0.132. The van der Waals surface area contributed by atoms with Crippen molar-refractivity contribution in [1.82, 2.24) is 10.2 Å². The summed E-state index contributed by atoms with van der Waals surface area (Å²) < 4.78 is 5.23. The smallest absolute Gasteiger partial charge is 0.408 e. The van der Waals surface area contributed by atoms with Crippen molar-refractivity contribution < 1.29 is 14.3 Å². The van der Waals surface area contributed by atoms with E-state index in [2.05, 4.69) is 5.32 Å². The number of nitrogens with zero attached hydrogens (tertiary/aromatic N) is 1. The molecule has 1 aromatic rings. The van der Waals surface area contributed by atoms with Gasteiger partial charge in [-0.05, 0) is 30.7 Å². The summed E-state index contributed by atoms with van der Waals surface area (Å²) in [6.07, 6.45) is 2.17. The van der Waals surface area contributed by atoms with E-state index in [0.717, 1.165) is 31.5 Å². The highest BCUT2D eigenvalue weighted by Gasteiger charge is 2.28. The van der Waals surface area contributed by atoms with Crippen LogP contribution in [-0.2, 0) is 16.1 Å². The summed E-state index contributed by atoms with van der Waals surface area (Å²) in [5.41, 5.74) is 0.925. The van der Waals surface area contributed by atoms with E-state index in [1.54, 1.807) is 0 Å². The standard InChI is InChI=1S/C18H26N2O3/c1-14(2)12-16(17(21)20-10-6-7-11-20)19-18(22)23-13-15-8-4-3-5-9-15/h3-5,8-9,14,16H,6-7,10-13H2,1-2H3,(H,19,22)/t16-/m0/s1. The van der Waals surface area contributed by atoms with Gasteiger partial charge in [0.1, 0.15) is 12.6 Å². The van der Waals surface area contributed by atoms with Crippen molar-refractivity contribution in [3.05, 3.63) is 35.9 Å². The maximum absolute atomic E-state index is 12.5.